The summed E-state index contributed by atoms with van der Waals surface area (Å²) >= 11 is 0. The zero-order valence-corrected chi connectivity index (χ0v) is 11.3. The molecule has 1 unspecified atom stereocenters. The number of amides is 1. The fourth-order valence-corrected chi connectivity index (χ4v) is 2.17. The van der Waals surface area contributed by atoms with Crippen molar-refractivity contribution in [2.45, 2.75) is 19.9 Å². The van der Waals surface area contributed by atoms with Crippen LogP contribution in [0.15, 0.2) is 18.3 Å². The summed E-state index contributed by atoms with van der Waals surface area (Å²) in [5.41, 5.74) is 1.54. The second-order valence-electron chi connectivity index (χ2n) is 4.82. The van der Waals surface area contributed by atoms with E-state index in [2.05, 4.69) is 16.0 Å². The first-order valence-corrected chi connectivity index (χ1v) is 6.47. The molecule has 1 aromatic heterocycles. The number of nitrogens with zero attached hydrogens (tertiary/aromatic N) is 4. The first-order chi connectivity index (χ1) is 9.11. The third-order valence-electron chi connectivity index (χ3n) is 3.49. The molecule has 0 saturated carbocycles. The van der Waals surface area contributed by atoms with Crippen LogP contribution in [-0.4, -0.2) is 52.9 Å². The van der Waals surface area contributed by atoms with E-state index in [-0.39, 0.29) is 11.9 Å². The Balaban J connectivity index is 1.96. The second-order valence-corrected chi connectivity index (χ2v) is 4.82. The molecule has 5 nitrogen and oxygen atoms in total. The molecule has 0 aliphatic carbocycles. The summed E-state index contributed by atoms with van der Waals surface area (Å²) in [7, 11) is 0. The summed E-state index contributed by atoms with van der Waals surface area (Å²) in [6.45, 7) is 6.62. The van der Waals surface area contributed by atoms with E-state index in [1.165, 1.54) is 0 Å². The molecule has 0 spiro atoms. The Bertz CT molecular complexity index is 483. The maximum absolute atomic E-state index is 12.3. The van der Waals surface area contributed by atoms with Gasteiger partial charge in [-0.15, -0.1) is 0 Å². The number of hydrogen-bond acceptors (Lipinski definition) is 4. The standard InChI is InChI=1S/C14H18N4O/c1-11-3-4-13(10-16-11)14(19)18-7-5-17(6-8-18)12(2)9-15/h3-4,10,12H,5-8H2,1-2H3. The minimum Gasteiger partial charge on any atom is -0.336 e. The molecule has 0 bridgehead atoms. The summed E-state index contributed by atoms with van der Waals surface area (Å²) in [5, 5.41) is 8.89. The Morgan fingerprint density at radius 3 is 2.58 bits per heavy atom. The van der Waals surface area contributed by atoms with E-state index in [4.69, 9.17) is 5.26 Å². The van der Waals surface area contributed by atoms with E-state index in [1.54, 1.807) is 6.20 Å². The Morgan fingerprint density at radius 2 is 2.05 bits per heavy atom. The fraction of sp³-hybridized carbons (Fsp3) is 0.500. The van der Waals surface area contributed by atoms with Gasteiger partial charge in [0.15, 0.2) is 0 Å². The lowest BCUT2D eigenvalue weighted by atomic mass is 10.2. The first kappa shape index (κ1) is 13.5. The van der Waals surface area contributed by atoms with Crippen molar-refractivity contribution < 1.29 is 4.79 Å². The highest BCUT2D eigenvalue weighted by Crippen LogP contribution is 2.10. The van der Waals surface area contributed by atoms with Gasteiger partial charge in [-0.25, -0.2) is 0 Å². The molecule has 1 atom stereocenters. The van der Waals surface area contributed by atoms with Gasteiger partial charge in [0.25, 0.3) is 5.91 Å². The average molecular weight is 258 g/mol. The lowest BCUT2D eigenvalue weighted by Crippen LogP contribution is -2.51. The van der Waals surface area contributed by atoms with Crippen LogP contribution >= 0.6 is 0 Å². The molecule has 2 rings (SSSR count). The first-order valence-electron chi connectivity index (χ1n) is 6.47. The minimum absolute atomic E-state index is 0.0248. The molecule has 1 aliphatic heterocycles. The molecule has 1 aliphatic rings. The summed E-state index contributed by atoms with van der Waals surface area (Å²) in [5.74, 6) is 0.0248. The van der Waals surface area contributed by atoms with Crippen LogP contribution in [0.1, 0.15) is 23.0 Å². The van der Waals surface area contributed by atoms with E-state index in [1.807, 2.05) is 30.9 Å². The molecule has 1 amide bonds. The van der Waals surface area contributed by atoms with Crippen LogP contribution in [0.3, 0.4) is 0 Å². The molecule has 1 fully saturated rings. The molecule has 0 N–H and O–H groups in total. The van der Waals surface area contributed by atoms with Crippen LogP contribution in [-0.2, 0) is 0 Å². The second kappa shape index (κ2) is 5.81. The number of carbonyl (C=O) groups excluding carboxylic acids is 1. The Kier molecular flexibility index (Phi) is 4.13. The van der Waals surface area contributed by atoms with Gasteiger partial charge in [-0.3, -0.25) is 14.7 Å². The van der Waals surface area contributed by atoms with E-state index < -0.39 is 0 Å². The quantitative estimate of drug-likeness (QED) is 0.796. The fourth-order valence-electron chi connectivity index (χ4n) is 2.17. The van der Waals surface area contributed by atoms with E-state index in [0.717, 1.165) is 18.8 Å². The van der Waals surface area contributed by atoms with Crippen molar-refractivity contribution in [1.29, 1.82) is 5.26 Å². The molecule has 5 heteroatoms. The number of carbonyl (C=O) groups is 1. The third kappa shape index (κ3) is 3.09. The number of rotatable bonds is 2. The molecule has 19 heavy (non-hydrogen) atoms. The maximum Gasteiger partial charge on any atom is 0.255 e. The highest BCUT2D eigenvalue weighted by Gasteiger charge is 2.24. The molecule has 100 valence electrons. The van der Waals surface area contributed by atoms with Crippen molar-refractivity contribution in [3.8, 4) is 6.07 Å². The van der Waals surface area contributed by atoms with E-state index in [9.17, 15) is 4.79 Å². The van der Waals surface area contributed by atoms with Crippen LogP contribution in [0.4, 0.5) is 0 Å². The average Bonchev–Trinajstić information content (AvgIpc) is 2.46. The van der Waals surface area contributed by atoms with Crippen LogP contribution in [0.2, 0.25) is 0 Å². The number of aryl methyl sites for hydroxylation is 1. The van der Waals surface area contributed by atoms with Gasteiger partial charge >= 0.3 is 0 Å². The van der Waals surface area contributed by atoms with E-state index in [0.29, 0.717) is 18.7 Å². The molecular formula is C14H18N4O. The minimum atomic E-state index is -0.0849. The lowest BCUT2D eigenvalue weighted by molar-refractivity contribution is 0.0615. The normalized spacial score (nSPS) is 17.8. The zero-order chi connectivity index (χ0) is 13.8. The third-order valence-corrected chi connectivity index (χ3v) is 3.49. The molecular weight excluding hydrogens is 240 g/mol. The van der Waals surface area contributed by atoms with Crippen LogP contribution in [0.5, 0.6) is 0 Å². The van der Waals surface area contributed by atoms with Gasteiger partial charge in [-0.2, -0.15) is 5.26 Å². The predicted octanol–water partition coefficient (Wildman–Crippen LogP) is 1.06. The Hall–Kier alpha value is -1.93. The van der Waals surface area contributed by atoms with Crippen molar-refractivity contribution in [2.24, 2.45) is 0 Å². The smallest absolute Gasteiger partial charge is 0.255 e. The van der Waals surface area contributed by atoms with Crippen molar-refractivity contribution in [2.75, 3.05) is 26.2 Å². The molecule has 0 radical (unpaired) electrons. The maximum atomic E-state index is 12.3. The molecule has 2 heterocycles. The summed E-state index contributed by atoms with van der Waals surface area (Å²) in [6.07, 6.45) is 1.63. The van der Waals surface area contributed by atoms with Gasteiger partial charge in [-0.1, -0.05) is 0 Å². The number of aromatic nitrogens is 1. The number of piperazine rings is 1. The molecule has 1 saturated heterocycles. The van der Waals surface area contributed by atoms with Crippen molar-refractivity contribution >= 4 is 5.91 Å². The molecule has 0 aromatic carbocycles. The SMILES string of the molecule is Cc1ccc(C(=O)N2CCN(C(C)C#N)CC2)cn1. The number of hydrogen-bond donors (Lipinski definition) is 0. The Morgan fingerprint density at radius 1 is 1.37 bits per heavy atom. The topological polar surface area (TPSA) is 60.2 Å². The number of nitriles is 1. The van der Waals surface area contributed by atoms with Gasteiger partial charge < -0.3 is 4.90 Å². The highest BCUT2D eigenvalue weighted by molar-refractivity contribution is 5.94. The van der Waals surface area contributed by atoms with Gasteiger partial charge in [0.05, 0.1) is 17.7 Å². The lowest BCUT2D eigenvalue weighted by Gasteiger charge is -2.35. The van der Waals surface area contributed by atoms with Crippen LogP contribution in [0.25, 0.3) is 0 Å². The van der Waals surface area contributed by atoms with Gasteiger partial charge in [0.2, 0.25) is 0 Å². The van der Waals surface area contributed by atoms with E-state index >= 15 is 0 Å². The predicted molar refractivity (Wildman–Crippen MR) is 71.5 cm³/mol. The van der Waals surface area contributed by atoms with Crippen LogP contribution < -0.4 is 0 Å². The largest absolute Gasteiger partial charge is 0.336 e. The van der Waals surface area contributed by atoms with Gasteiger partial charge in [-0.05, 0) is 26.0 Å². The van der Waals surface area contributed by atoms with Crippen molar-refractivity contribution in [3.05, 3.63) is 29.6 Å². The van der Waals surface area contributed by atoms with Gasteiger partial charge in [0.1, 0.15) is 0 Å². The zero-order valence-electron chi connectivity index (χ0n) is 11.3. The number of pyridine rings is 1. The molecule has 1 aromatic rings. The van der Waals surface area contributed by atoms with Crippen molar-refractivity contribution in [3.63, 3.8) is 0 Å². The Labute approximate surface area is 113 Å². The summed E-state index contributed by atoms with van der Waals surface area (Å²) in [4.78, 5) is 20.3. The van der Waals surface area contributed by atoms with Gasteiger partial charge in [0, 0.05) is 38.1 Å². The summed E-state index contributed by atoms with van der Waals surface area (Å²) < 4.78 is 0. The highest BCUT2D eigenvalue weighted by atomic mass is 16.2. The van der Waals surface area contributed by atoms with Crippen LogP contribution in [0, 0.1) is 18.3 Å². The van der Waals surface area contributed by atoms with Crippen molar-refractivity contribution in [1.82, 2.24) is 14.8 Å². The monoisotopic (exact) mass is 258 g/mol. The summed E-state index contributed by atoms with van der Waals surface area (Å²) in [6, 6.07) is 5.81.